The fourth-order valence-corrected chi connectivity index (χ4v) is 4.70. The van der Waals surface area contributed by atoms with E-state index in [1.807, 2.05) is 36.4 Å². The highest BCUT2D eigenvalue weighted by atomic mass is 32.2. The first-order chi connectivity index (χ1) is 16.4. The predicted molar refractivity (Wildman–Crippen MR) is 132 cm³/mol. The first-order valence-corrected chi connectivity index (χ1v) is 12.3. The van der Waals surface area contributed by atoms with Crippen LogP contribution in [0.4, 0.5) is 11.4 Å². The molecule has 0 bridgehead atoms. The lowest BCUT2D eigenvalue weighted by atomic mass is 10.2. The molecular weight excluding hydrogens is 450 g/mol. The molecule has 174 valence electrons. The van der Waals surface area contributed by atoms with Crippen molar-refractivity contribution < 1.29 is 17.6 Å². The minimum absolute atomic E-state index is 0.102. The standard InChI is InChI=1S/C26H25N3O4S/c1-29(22-13-6-3-7-14-22)34(31,32)23-15-8-12-21(18-23)28-25(30)16-9-17-26-27-19-24(33-26)20-10-4-2-5-11-20/h2-8,10-15,18-19H,9,16-17H2,1H3,(H,28,30). The molecule has 0 radical (unpaired) electrons. The molecule has 1 N–H and O–H groups in total. The molecule has 0 unspecified atom stereocenters. The summed E-state index contributed by atoms with van der Waals surface area (Å²) >= 11 is 0. The van der Waals surface area contributed by atoms with Crippen molar-refractivity contribution in [2.24, 2.45) is 0 Å². The minimum Gasteiger partial charge on any atom is -0.441 e. The van der Waals surface area contributed by atoms with E-state index in [9.17, 15) is 13.2 Å². The number of aryl methyl sites for hydroxylation is 1. The Morgan fingerprint density at radius 3 is 2.41 bits per heavy atom. The summed E-state index contributed by atoms with van der Waals surface area (Å²) in [5, 5.41) is 2.78. The Balaban J connectivity index is 1.33. The summed E-state index contributed by atoms with van der Waals surface area (Å²) in [5.41, 5.74) is 1.93. The van der Waals surface area contributed by atoms with E-state index < -0.39 is 10.0 Å². The van der Waals surface area contributed by atoms with Crippen molar-refractivity contribution in [2.75, 3.05) is 16.7 Å². The summed E-state index contributed by atoms with van der Waals surface area (Å²) in [6.45, 7) is 0. The number of para-hydroxylation sites is 1. The molecule has 34 heavy (non-hydrogen) atoms. The fraction of sp³-hybridized carbons (Fsp3) is 0.154. The van der Waals surface area contributed by atoms with E-state index in [1.54, 1.807) is 42.6 Å². The van der Waals surface area contributed by atoms with Crippen molar-refractivity contribution in [3.05, 3.63) is 97.0 Å². The van der Waals surface area contributed by atoms with Gasteiger partial charge in [-0.2, -0.15) is 0 Å². The van der Waals surface area contributed by atoms with Gasteiger partial charge in [0.2, 0.25) is 5.91 Å². The zero-order valence-electron chi connectivity index (χ0n) is 18.7. The number of anilines is 2. The molecule has 4 aromatic rings. The van der Waals surface area contributed by atoms with Gasteiger partial charge in [-0.3, -0.25) is 9.10 Å². The van der Waals surface area contributed by atoms with E-state index in [0.29, 0.717) is 35.9 Å². The van der Waals surface area contributed by atoms with E-state index in [2.05, 4.69) is 10.3 Å². The zero-order valence-corrected chi connectivity index (χ0v) is 19.5. The number of carbonyl (C=O) groups is 1. The molecule has 0 spiro atoms. The Morgan fingerprint density at radius 2 is 1.68 bits per heavy atom. The molecule has 0 saturated heterocycles. The van der Waals surface area contributed by atoms with Gasteiger partial charge in [0.05, 0.1) is 16.8 Å². The molecule has 0 atom stereocenters. The molecular formula is C26H25N3O4S. The maximum absolute atomic E-state index is 13.0. The largest absolute Gasteiger partial charge is 0.441 e. The average molecular weight is 476 g/mol. The number of benzene rings is 3. The predicted octanol–water partition coefficient (Wildman–Crippen LogP) is 5.13. The molecule has 0 aliphatic rings. The number of sulfonamides is 1. The van der Waals surface area contributed by atoms with Crippen LogP contribution in [0.5, 0.6) is 0 Å². The minimum atomic E-state index is -3.76. The number of nitrogens with one attached hydrogen (secondary N) is 1. The summed E-state index contributed by atoms with van der Waals surface area (Å²) < 4.78 is 33.0. The Hall–Kier alpha value is -3.91. The lowest BCUT2D eigenvalue weighted by Gasteiger charge is -2.19. The van der Waals surface area contributed by atoms with E-state index in [1.165, 1.54) is 23.5 Å². The lowest BCUT2D eigenvalue weighted by molar-refractivity contribution is -0.116. The van der Waals surface area contributed by atoms with Gasteiger partial charge in [0, 0.05) is 31.1 Å². The summed E-state index contributed by atoms with van der Waals surface area (Å²) in [6.07, 6.45) is 3.01. The molecule has 0 saturated carbocycles. The van der Waals surface area contributed by atoms with Crippen LogP contribution in [-0.2, 0) is 21.2 Å². The molecule has 7 nitrogen and oxygen atoms in total. The third-order valence-electron chi connectivity index (χ3n) is 5.30. The van der Waals surface area contributed by atoms with Crippen molar-refractivity contribution >= 4 is 27.3 Å². The fourth-order valence-electron chi connectivity index (χ4n) is 3.45. The third-order valence-corrected chi connectivity index (χ3v) is 7.08. The quantitative estimate of drug-likeness (QED) is 0.362. The van der Waals surface area contributed by atoms with Crippen molar-refractivity contribution in [1.82, 2.24) is 4.98 Å². The van der Waals surface area contributed by atoms with Gasteiger partial charge in [0.15, 0.2) is 11.7 Å². The van der Waals surface area contributed by atoms with Crippen LogP contribution in [0.2, 0.25) is 0 Å². The number of carbonyl (C=O) groups excluding carboxylic acids is 1. The van der Waals surface area contributed by atoms with Crippen LogP contribution < -0.4 is 9.62 Å². The molecule has 1 aromatic heterocycles. The molecule has 4 rings (SSSR count). The molecule has 3 aromatic carbocycles. The summed E-state index contributed by atoms with van der Waals surface area (Å²) in [7, 11) is -2.26. The summed E-state index contributed by atoms with van der Waals surface area (Å²) in [4.78, 5) is 16.8. The topological polar surface area (TPSA) is 92.5 Å². The van der Waals surface area contributed by atoms with Crippen molar-refractivity contribution in [2.45, 2.75) is 24.2 Å². The van der Waals surface area contributed by atoms with Gasteiger partial charge in [-0.25, -0.2) is 13.4 Å². The van der Waals surface area contributed by atoms with Gasteiger partial charge < -0.3 is 9.73 Å². The Labute approximate surface area is 199 Å². The van der Waals surface area contributed by atoms with E-state index >= 15 is 0 Å². The molecule has 0 fully saturated rings. The van der Waals surface area contributed by atoms with E-state index in [4.69, 9.17) is 4.42 Å². The highest BCUT2D eigenvalue weighted by Crippen LogP contribution is 2.24. The van der Waals surface area contributed by atoms with Gasteiger partial charge >= 0.3 is 0 Å². The summed E-state index contributed by atoms with van der Waals surface area (Å²) in [5.74, 6) is 1.06. The van der Waals surface area contributed by atoms with Gasteiger partial charge in [0.1, 0.15) is 0 Å². The highest BCUT2D eigenvalue weighted by molar-refractivity contribution is 7.92. The van der Waals surface area contributed by atoms with Crippen LogP contribution >= 0.6 is 0 Å². The van der Waals surface area contributed by atoms with Crippen molar-refractivity contribution in [3.63, 3.8) is 0 Å². The number of aromatic nitrogens is 1. The molecule has 0 aliphatic carbocycles. The van der Waals surface area contributed by atoms with Crippen LogP contribution in [-0.4, -0.2) is 26.4 Å². The van der Waals surface area contributed by atoms with Crippen LogP contribution in [0.1, 0.15) is 18.7 Å². The van der Waals surface area contributed by atoms with E-state index in [-0.39, 0.29) is 17.2 Å². The smallest absolute Gasteiger partial charge is 0.264 e. The normalized spacial score (nSPS) is 11.2. The number of hydrogen-bond donors (Lipinski definition) is 1. The second-order valence-electron chi connectivity index (χ2n) is 7.72. The maximum atomic E-state index is 13.0. The molecule has 8 heteroatoms. The van der Waals surface area contributed by atoms with Crippen LogP contribution in [0.3, 0.4) is 0 Å². The number of amides is 1. The number of oxazole rings is 1. The van der Waals surface area contributed by atoms with Crippen molar-refractivity contribution in [1.29, 1.82) is 0 Å². The number of hydrogen-bond acceptors (Lipinski definition) is 5. The average Bonchev–Trinajstić information content (AvgIpc) is 3.34. The monoisotopic (exact) mass is 475 g/mol. The van der Waals surface area contributed by atoms with E-state index in [0.717, 1.165) is 5.56 Å². The first kappa shape index (κ1) is 23.3. The van der Waals surface area contributed by atoms with Gasteiger partial charge in [-0.05, 0) is 36.8 Å². The number of rotatable bonds is 9. The first-order valence-electron chi connectivity index (χ1n) is 10.9. The third kappa shape index (κ3) is 5.52. The molecule has 1 amide bonds. The van der Waals surface area contributed by atoms with Gasteiger partial charge in [0.25, 0.3) is 10.0 Å². The maximum Gasteiger partial charge on any atom is 0.264 e. The van der Waals surface area contributed by atoms with Crippen molar-refractivity contribution in [3.8, 4) is 11.3 Å². The van der Waals surface area contributed by atoms with Crippen LogP contribution in [0.25, 0.3) is 11.3 Å². The van der Waals surface area contributed by atoms with Gasteiger partial charge in [-0.1, -0.05) is 54.6 Å². The Morgan fingerprint density at radius 1 is 0.971 bits per heavy atom. The van der Waals surface area contributed by atoms with Crippen LogP contribution in [0, 0.1) is 0 Å². The Bertz CT molecular complexity index is 1350. The second-order valence-corrected chi connectivity index (χ2v) is 9.69. The SMILES string of the molecule is CN(c1ccccc1)S(=O)(=O)c1cccc(NC(=O)CCCc2ncc(-c3ccccc3)o2)c1. The Kier molecular flexibility index (Phi) is 7.08. The molecule has 0 aliphatic heterocycles. The van der Waals surface area contributed by atoms with Gasteiger partial charge in [-0.15, -0.1) is 0 Å². The summed E-state index contributed by atoms with van der Waals surface area (Å²) in [6, 6.07) is 24.8. The highest BCUT2D eigenvalue weighted by Gasteiger charge is 2.21. The van der Waals surface area contributed by atoms with Crippen LogP contribution in [0.15, 0.2) is 100 Å². The zero-order chi connectivity index (χ0) is 24.0. The number of nitrogens with zero attached hydrogens (tertiary/aromatic N) is 2. The second kappa shape index (κ2) is 10.4. The lowest BCUT2D eigenvalue weighted by Crippen LogP contribution is -2.26. The molecule has 1 heterocycles.